The first-order valence-electron chi connectivity index (χ1n) is 20.7. The summed E-state index contributed by atoms with van der Waals surface area (Å²) >= 11 is 0. The lowest BCUT2D eigenvalue weighted by molar-refractivity contribution is -0.333. The minimum Gasteiger partial charge on any atom is -0.463 e. The molecule has 0 aromatic rings. The van der Waals surface area contributed by atoms with Gasteiger partial charge in [0.25, 0.3) is 0 Å². The van der Waals surface area contributed by atoms with Crippen LogP contribution >= 0.6 is 0 Å². The second kappa shape index (κ2) is 15.1. The summed E-state index contributed by atoms with van der Waals surface area (Å²) in [6.07, 6.45) is 9.36. The molecule has 0 amide bonds. The number of aliphatic hydroxyl groups is 1. The van der Waals surface area contributed by atoms with E-state index in [1.807, 2.05) is 19.9 Å². The smallest absolute Gasteiger partial charge is 0.303 e. The summed E-state index contributed by atoms with van der Waals surface area (Å²) in [5.41, 5.74) is -1.76. The standard InChI is InChI=1S/C44H66O12/c1-25(13-12-18-39(6,7)49)30-16-19-42(11)32-17-20-44-33(43(32,24-51-44)22-21-41(30,42)10)14-15-34(40(44,8)9)56-38-37(54-29(5)48)36(53-28(4)47)35(52-27(3)46)31(55-38)23-50-26(2)45/h12,17-18,20,25,30-38,49H,13-16,19,21-24H2,1-11H3/b18-12+/t25-,30-,31-,32+,33+,34+,35-,36-,37-,38+,41-,42+,43+,44-/m1/s1. The maximum Gasteiger partial charge on any atom is 0.303 e. The van der Waals surface area contributed by atoms with E-state index in [4.69, 9.17) is 33.2 Å². The van der Waals surface area contributed by atoms with Crippen LogP contribution in [0.2, 0.25) is 0 Å². The zero-order valence-electron chi connectivity index (χ0n) is 35.4. The molecule has 1 spiro atoms. The third-order valence-electron chi connectivity index (χ3n) is 15.3. The Bertz CT molecular complexity index is 1600. The molecule has 2 heterocycles. The summed E-state index contributed by atoms with van der Waals surface area (Å²) in [7, 11) is 0. The molecule has 6 aliphatic rings. The fourth-order valence-corrected chi connectivity index (χ4v) is 12.6. The van der Waals surface area contributed by atoms with Gasteiger partial charge in [-0.05, 0) is 87.4 Å². The van der Waals surface area contributed by atoms with Gasteiger partial charge in [-0.15, -0.1) is 0 Å². The average Bonchev–Trinajstić information content (AvgIpc) is 3.47. The van der Waals surface area contributed by atoms with E-state index in [1.165, 1.54) is 40.5 Å². The van der Waals surface area contributed by atoms with Gasteiger partial charge in [0, 0.05) is 44.4 Å². The van der Waals surface area contributed by atoms with E-state index < -0.39 is 77.3 Å². The highest BCUT2D eigenvalue weighted by Gasteiger charge is 2.75. The van der Waals surface area contributed by atoms with E-state index in [2.05, 4.69) is 52.8 Å². The molecule has 314 valence electrons. The van der Waals surface area contributed by atoms with Gasteiger partial charge in [0.15, 0.2) is 24.6 Å². The first-order chi connectivity index (χ1) is 26.0. The zero-order chi connectivity index (χ0) is 41.2. The molecule has 4 aliphatic carbocycles. The Labute approximate surface area is 332 Å². The van der Waals surface area contributed by atoms with Gasteiger partial charge in [0.2, 0.25) is 0 Å². The first kappa shape index (κ1) is 42.8. The molecule has 6 rings (SSSR count). The summed E-state index contributed by atoms with van der Waals surface area (Å²) in [4.78, 5) is 49.1. The molecule has 2 bridgehead atoms. The molecule has 14 atom stereocenters. The minimum absolute atomic E-state index is 0.0153. The summed E-state index contributed by atoms with van der Waals surface area (Å²) in [6, 6.07) is 0. The van der Waals surface area contributed by atoms with Gasteiger partial charge in [0.05, 0.1) is 23.9 Å². The Balaban J connectivity index is 1.29. The van der Waals surface area contributed by atoms with Crippen molar-refractivity contribution in [2.75, 3.05) is 13.2 Å². The van der Waals surface area contributed by atoms with Crippen molar-refractivity contribution in [3.8, 4) is 0 Å². The van der Waals surface area contributed by atoms with Crippen LogP contribution in [-0.2, 0) is 52.3 Å². The molecule has 56 heavy (non-hydrogen) atoms. The van der Waals surface area contributed by atoms with Crippen LogP contribution in [0.25, 0.3) is 0 Å². The molecule has 12 nitrogen and oxygen atoms in total. The fraction of sp³-hybridized carbons (Fsp3) is 0.818. The molecule has 12 heteroatoms. The van der Waals surface area contributed by atoms with Gasteiger partial charge in [0.1, 0.15) is 12.7 Å². The van der Waals surface area contributed by atoms with E-state index in [0.29, 0.717) is 30.8 Å². The molecular formula is C44H66O12. The lowest BCUT2D eigenvalue weighted by Gasteiger charge is -2.65. The number of carbonyl (C=O) groups is 4. The Morgan fingerprint density at radius 2 is 1.50 bits per heavy atom. The van der Waals surface area contributed by atoms with Crippen molar-refractivity contribution >= 4 is 23.9 Å². The summed E-state index contributed by atoms with van der Waals surface area (Å²) in [5, 5.41) is 10.3. The number of rotatable bonds is 11. The van der Waals surface area contributed by atoms with Gasteiger partial charge in [-0.1, -0.05) is 58.9 Å². The van der Waals surface area contributed by atoms with Crippen LogP contribution < -0.4 is 0 Å². The zero-order valence-corrected chi connectivity index (χ0v) is 35.4. The monoisotopic (exact) mass is 786 g/mol. The van der Waals surface area contributed by atoms with Gasteiger partial charge >= 0.3 is 23.9 Å². The highest BCUT2D eigenvalue weighted by atomic mass is 16.7. The topological polar surface area (TPSA) is 153 Å². The molecule has 1 N–H and O–H groups in total. The van der Waals surface area contributed by atoms with E-state index in [0.717, 1.165) is 25.7 Å². The van der Waals surface area contributed by atoms with Crippen molar-refractivity contribution < 1.29 is 57.4 Å². The SMILES string of the molecule is CC(=O)OC[C@H]1O[C@@H](O[C@H]2CC[C@H]3[C@]45CC[C@]6(C)[C@@H]([C@H](C)C/C=C/C(C)(C)O)CC[C@@]6(C)[C@@H]4C=C[C@]3(OC5)C2(C)C)[C@H](OC(C)=O)[C@H](OC(C)=O)[C@@H]1OC(C)=O. The highest BCUT2D eigenvalue weighted by Crippen LogP contribution is 2.77. The van der Waals surface area contributed by atoms with Crippen molar-refractivity contribution in [1.29, 1.82) is 0 Å². The lowest BCUT2D eigenvalue weighted by atomic mass is 9.38. The van der Waals surface area contributed by atoms with Gasteiger partial charge < -0.3 is 38.3 Å². The van der Waals surface area contributed by atoms with Gasteiger partial charge in [-0.2, -0.15) is 0 Å². The van der Waals surface area contributed by atoms with E-state index in [1.54, 1.807) is 0 Å². The number of fused-ring (bicyclic) bond motifs is 2. The second-order valence-corrected chi connectivity index (χ2v) is 19.4. The molecule has 0 aromatic heterocycles. The largest absolute Gasteiger partial charge is 0.463 e. The van der Waals surface area contributed by atoms with Crippen LogP contribution in [0, 0.1) is 45.3 Å². The normalized spacial score (nSPS) is 42.9. The number of hydrogen-bond donors (Lipinski definition) is 1. The second-order valence-electron chi connectivity index (χ2n) is 19.4. The average molecular weight is 787 g/mol. The van der Waals surface area contributed by atoms with Crippen LogP contribution in [0.4, 0.5) is 0 Å². The number of hydrogen-bond acceptors (Lipinski definition) is 12. The van der Waals surface area contributed by atoms with Crippen molar-refractivity contribution in [1.82, 2.24) is 0 Å². The highest BCUT2D eigenvalue weighted by molar-refractivity contribution is 5.68. The third-order valence-corrected chi connectivity index (χ3v) is 15.3. The molecule has 2 saturated heterocycles. The molecule has 3 saturated carbocycles. The summed E-state index contributed by atoms with van der Waals surface area (Å²) < 4.78 is 42.7. The Kier molecular flexibility index (Phi) is 11.5. The Morgan fingerprint density at radius 1 is 0.857 bits per heavy atom. The van der Waals surface area contributed by atoms with Gasteiger partial charge in [-0.25, -0.2) is 0 Å². The molecule has 2 aliphatic heterocycles. The molecule has 0 unspecified atom stereocenters. The van der Waals surface area contributed by atoms with Crippen LogP contribution in [0.3, 0.4) is 0 Å². The Hall–Kier alpha value is -2.80. The van der Waals surface area contributed by atoms with E-state index in [-0.39, 0.29) is 28.8 Å². The van der Waals surface area contributed by atoms with Crippen LogP contribution in [0.1, 0.15) is 121 Å². The van der Waals surface area contributed by atoms with Crippen molar-refractivity contribution in [3.05, 3.63) is 24.3 Å². The summed E-state index contributed by atoms with van der Waals surface area (Å²) in [6.45, 7) is 20.7. The number of esters is 4. The number of ether oxygens (including phenoxy) is 7. The maximum atomic E-state index is 12.5. The van der Waals surface area contributed by atoms with Crippen LogP contribution in [-0.4, -0.2) is 90.2 Å². The minimum atomic E-state index is -1.30. The number of carbonyl (C=O) groups excluding carboxylic acids is 4. The third kappa shape index (κ3) is 7.16. The predicted molar refractivity (Wildman–Crippen MR) is 204 cm³/mol. The van der Waals surface area contributed by atoms with Crippen molar-refractivity contribution in [3.63, 3.8) is 0 Å². The molecule has 0 aromatic carbocycles. The van der Waals surface area contributed by atoms with Crippen LogP contribution in [0.5, 0.6) is 0 Å². The maximum absolute atomic E-state index is 12.5. The van der Waals surface area contributed by atoms with Gasteiger partial charge in [-0.3, -0.25) is 19.2 Å². The molecule has 5 fully saturated rings. The van der Waals surface area contributed by atoms with Crippen molar-refractivity contribution in [2.24, 2.45) is 45.3 Å². The molecule has 0 radical (unpaired) electrons. The number of allylic oxidation sites excluding steroid dienone is 2. The van der Waals surface area contributed by atoms with Crippen molar-refractivity contribution in [2.45, 2.75) is 169 Å². The fourth-order valence-electron chi connectivity index (χ4n) is 12.6. The summed E-state index contributed by atoms with van der Waals surface area (Å²) in [5.74, 6) is -0.896. The lowest BCUT2D eigenvalue weighted by Crippen LogP contribution is -2.67. The first-order valence-corrected chi connectivity index (χ1v) is 20.7. The predicted octanol–water partition coefficient (Wildman–Crippen LogP) is 6.40. The quantitative estimate of drug-likeness (QED) is 0.140. The Morgan fingerprint density at radius 3 is 2.12 bits per heavy atom. The molecular weight excluding hydrogens is 720 g/mol. The van der Waals surface area contributed by atoms with E-state index >= 15 is 0 Å². The van der Waals surface area contributed by atoms with E-state index in [9.17, 15) is 24.3 Å². The van der Waals surface area contributed by atoms with Crippen LogP contribution in [0.15, 0.2) is 24.3 Å².